The molecule has 0 spiro atoms. The summed E-state index contributed by atoms with van der Waals surface area (Å²) in [5.74, 6) is 0.328. The molecule has 0 heterocycles. The smallest absolute Gasteiger partial charge is 0.339 e. The van der Waals surface area contributed by atoms with Gasteiger partial charge in [0, 0.05) is 12.6 Å². The minimum Gasteiger partial charge on any atom is -0.491 e. The molecule has 1 fully saturated rings. The Morgan fingerprint density at radius 3 is 2.79 bits per heavy atom. The van der Waals surface area contributed by atoms with Gasteiger partial charge in [-0.1, -0.05) is 12.1 Å². The van der Waals surface area contributed by atoms with Gasteiger partial charge in [-0.15, -0.1) is 0 Å². The standard InChI is InChI=1S/C15H21NO3/c1-11(12-7-8-12)16(2)9-10-19-14-6-4-3-5-13(14)15(17)18/h3-6,11-12H,7-10H2,1-2H3,(H,17,18). The summed E-state index contributed by atoms with van der Waals surface area (Å²) in [4.78, 5) is 13.3. The molecule has 4 nitrogen and oxygen atoms in total. The van der Waals surface area contributed by atoms with Crippen LogP contribution in [0.4, 0.5) is 0 Å². The van der Waals surface area contributed by atoms with E-state index in [2.05, 4.69) is 18.9 Å². The minimum absolute atomic E-state index is 0.223. The topological polar surface area (TPSA) is 49.8 Å². The fourth-order valence-electron chi connectivity index (χ4n) is 2.21. The van der Waals surface area contributed by atoms with Crippen molar-refractivity contribution in [1.29, 1.82) is 0 Å². The van der Waals surface area contributed by atoms with E-state index in [-0.39, 0.29) is 5.56 Å². The van der Waals surface area contributed by atoms with Crippen molar-refractivity contribution in [1.82, 2.24) is 4.90 Å². The lowest BCUT2D eigenvalue weighted by atomic mass is 10.2. The van der Waals surface area contributed by atoms with Crippen molar-refractivity contribution in [3.8, 4) is 5.75 Å². The van der Waals surface area contributed by atoms with E-state index in [0.29, 0.717) is 18.4 Å². The summed E-state index contributed by atoms with van der Waals surface area (Å²) in [7, 11) is 2.09. The predicted octanol–water partition coefficient (Wildman–Crippen LogP) is 2.49. The molecule has 0 bridgehead atoms. The second-order valence-corrected chi connectivity index (χ2v) is 5.21. The molecule has 1 atom stereocenters. The number of hydrogen-bond donors (Lipinski definition) is 1. The molecule has 1 N–H and O–H groups in total. The highest BCUT2D eigenvalue weighted by molar-refractivity contribution is 5.90. The van der Waals surface area contributed by atoms with E-state index >= 15 is 0 Å². The first-order chi connectivity index (χ1) is 9.09. The van der Waals surface area contributed by atoms with Crippen LogP contribution in [0.2, 0.25) is 0 Å². The fraction of sp³-hybridized carbons (Fsp3) is 0.533. The molecule has 1 aromatic carbocycles. The predicted molar refractivity (Wildman–Crippen MR) is 73.7 cm³/mol. The summed E-state index contributed by atoms with van der Waals surface area (Å²) >= 11 is 0. The Morgan fingerprint density at radius 2 is 2.16 bits per heavy atom. The highest BCUT2D eigenvalue weighted by atomic mass is 16.5. The van der Waals surface area contributed by atoms with Crippen molar-refractivity contribution in [3.05, 3.63) is 29.8 Å². The van der Waals surface area contributed by atoms with Crippen LogP contribution in [-0.4, -0.2) is 42.2 Å². The third kappa shape index (κ3) is 3.70. The molecule has 4 heteroatoms. The zero-order valence-electron chi connectivity index (χ0n) is 11.5. The van der Waals surface area contributed by atoms with E-state index in [1.807, 2.05) is 0 Å². The van der Waals surface area contributed by atoms with E-state index < -0.39 is 5.97 Å². The second-order valence-electron chi connectivity index (χ2n) is 5.21. The molecule has 1 unspecified atom stereocenters. The SMILES string of the molecule is CC(C1CC1)N(C)CCOc1ccccc1C(=O)O. The Kier molecular flexibility index (Phi) is 4.43. The van der Waals surface area contributed by atoms with Crippen molar-refractivity contribution in [2.75, 3.05) is 20.2 Å². The number of para-hydroxylation sites is 1. The first-order valence-electron chi connectivity index (χ1n) is 6.75. The maximum atomic E-state index is 11.0. The summed E-state index contributed by atoms with van der Waals surface area (Å²) in [6.45, 7) is 3.56. The number of ether oxygens (including phenoxy) is 1. The normalized spacial score (nSPS) is 16.4. The molecule has 0 amide bonds. The average Bonchev–Trinajstić information content (AvgIpc) is 3.22. The Bertz CT molecular complexity index is 443. The monoisotopic (exact) mass is 263 g/mol. The number of likely N-dealkylation sites (N-methyl/N-ethyl adjacent to an activating group) is 1. The van der Waals surface area contributed by atoms with E-state index in [1.165, 1.54) is 12.8 Å². The molecule has 104 valence electrons. The fourth-order valence-corrected chi connectivity index (χ4v) is 2.21. The number of rotatable bonds is 7. The second kappa shape index (κ2) is 6.06. The van der Waals surface area contributed by atoms with Crippen molar-refractivity contribution in [2.45, 2.75) is 25.8 Å². The van der Waals surface area contributed by atoms with Gasteiger partial charge in [-0.3, -0.25) is 0 Å². The number of aromatic carboxylic acids is 1. The first-order valence-corrected chi connectivity index (χ1v) is 6.75. The van der Waals surface area contributed by atoms with Crippen LogP contribution in [-0.2, 0) is 0 Å². The first kappa shape index (κ1) is 13.9. The number of nitrogens with zero attached hydrogens (tertiary/aromatic N) is 1. The lowest BCUT2D eigenvalue weighted by molar-refractivity contribution is 0.0691. The molecule has 1 aliphatic rings. The van der Waals surface area contributed by atoms with Gasteiger partial charge in [0.25, 0.3) is 0 Å². The molecule has 0 saturated heterocycles. The maximum absolute atomic E-state index is 11.0. The van der Waals surface area contributed by atoms with Crippen molar-refractivity contribution >= 4 is 5.97 Å². The molecule has 1 aliphatic carbocycles. The maximum Gasteiger partial charge on any atom is 0.339 e. The van der Waals surface area contributed by atoms with E-state index in [1.54, 1.807) is 24.3 Å². The van der Waals surface area contributed by atoms with Gasteiger partial charge in [0.05, 0.1) is 0 Å². The number of carboxylic acids is 1. The molecular formula is C15H21NO3. The van der Waals surface area contributed by atoms with Crippen molar-refractivity contribution in [3.63, 3.8) is 0 Å². The van der Waals surface area contributed by atoms with Crippen LogP contribution >= 0.6 is 0 Å². The third-order valence-electron chi connectivity index (χ3n) is 3.82. The van der Waals surface area contributed by atoms with Crippen LogP contribution in [0.25, 0.3) is 0 Å². The van der Waals surface area contributed by atoms with Crippen molar-refractivity contribution in [2.24, 2.45) is 5.92 Å². The highest BCUT2D eigenvalue weighted by Gasteiger charge is 2.30. The van der Waals surface area contributed by atoms with E-state index in [0.717, 1.165) is 12.5 Å². The van der Waals surface area contributed by atoms with E-state index in [9.17, 15) is 4.79 Å². The van der Waals surface area contributed by atoms with Gasteiger partial charge in [0.15, 0.2) is 0 Å². The molecule has 0 radical (unpaired) electrons. The largest absolute Gasteiger partial charge is 0.491 e. The van der Waals surface area contributed by atoms with Crippen LogP contribution in [0.3, 0.4) is 0 Å². The van der Waals surface area contributed by atoms with Gasteiger partial charge >= 0.3 is 5.97 Å². The number of benzene rings is 1. The van der Waals surface area contributed by atoms with Crippen molar-refractivity contribution < 1.29 is 14.6 Å². The lowest BCUT2D eigenvalue weighted by Crippen LogP contribution is -2.34. The Balaban J connectivity index is 1.83. The van der Waals surface area contributed by atoms with Gasteiger partial charge in [0.1, 0.15) is 17.9 Å². The van der Waals surface area contributed by atoms with Gasteiger partial charge < -0.3 is 14.7 Å². The lowest BCUT2D eigenvalue weighted by Gasteiger charge is -2.24. The van der Waals surface area contributed by atoms with Crippen LogP contribution in [0.5, 0.6) is 5.75 Å². The molecule has 1 aromatic rings. The number of carbonyl (C=O) groups is 1. The quantitative estimate of drug-likeness (QED) is 0.821. The molecule has 0 aliphatic heterocycles. The van der Waals surface area contributed by atoms with E-state index in [4.69, 9.17) is 9.84 Å². The Labute approximate surface area is 114 Å². The highest BCUT2D eigenvalue weighted by Crippen LogP contribution is 2.34. The zero-order valence-corrected chi connectivity index (χ0v) is 11.5. The minimum atomic E-state index is -0.949. The number of carboxylic acid groups (broad SMARTS) is 1. The summed E-state index contributed by atoms with van der Waals surface area (Å²) in [5.41, 5.74) is 0.223. The summed E-state index contributed by atoms with van der Waals surface area (Å²) in [6, 6.07) is 7.34. The zero-order chi connectivity index (χ0) is 13.8. The summed E-state index contributed by atoms with van der Waals surface area (Å²) in [6.07, 6.45) is 2.66. The molecule has 1 saturated carbocycles. The van der Waals surface area contributed by atoms with Gasteiger partial charge in [-0.05, 0) is 44.9 Å². The van der Waals surface area contributed by atoms with Gasteiger partial charge in [0.2, 0.25) is 0 Å². The van der Waals surface area contributed by atoms with Gasteiger partial charge in [-0.2, -0.15) is 0 Å². The molecule has 2 rings (SSSR count). The Morgan fingerprint density at radius 1 is 1.47 bits per heavy atom. The van der Waals surface area contributed by atoms with Crippen LogP contribution in [0, 0.1) is 5.92 Å². The summed E-state index contributed by atoms with van der Waals surface area (Å²) in [5, 5.41) is 9.05. The van der Waals surface area contributed by atoms with Gasteiger partial charge in [-0.25, -0.2) is 4.79 Å². The summed E-state index contributed by atoms with van der Waals surface area (Å²) < 4.78 is 5.60. The molecular weight excluding hydrogens is 242 g/mol. The Hall–Kier alpha value is -1.55. The number of hydrogen-bond acceptors (Lipinski definition) is 3. The van der Waals surface area contributed by atoms with Crippen LogP contribution in [0.1, 0.15) is 30.1 Å². The third-order valence-corrected chi connectivity index (χ3v) is 3.82. The van der Waals surface area contributed by atoms with Crippen LogP contribution < -0.4 is 4.74 Å². The molecule has 19 heavy (non-hydrogen) atoms. The van der Waals surface area contributed by atoms with Crippen LogP contribution in [0.15, 0.2) is 24.3 Å². The molecule has 0 aromatic heterocycles. The average molecular weight is 263 g/mol.